The van der Waals surface area contributed by atoms with Crippen molar-refractivity contribution in [3.63, 3.8) is 0 Å². The number of hydrogen-bond acceptors (Lipinski definition) is 5. The highest BCUT2D eigenvalue weighted by Gasteiger charge is 2.45. The Morgan fingerprint density at radius 3 is 2.54 bits per heavy atom. The van der Waals surface area contributed by atoms with E-state index in [0.29, 0.717) is 36.8 Å². The maximum Gasteiger partial charge on any atom is 0.303 e. The van der Waals surface area contributed by atoms with Crippen molar-refractivity contribution in [1.29, 1.82) is 0 Å². The lowest BCUT2D eigenvalue weighted by Gasteiger charge is -2.40. The standard InChI is InChI=1S/C18H24F2N4O2/c1-11-3-9-24(11)17-21-15-13(2-6-18(15,19)20)16(22-17)23-7-4-12(5-8-23)10-14(25)26/h11-12H,2-10H2,1H3,(H,25,26)/t11-/m0/s1. The normalized spacial score (nSPS) is 25.1. The number of hydrogen-bond donors (Lipinski definition) is 1. The third kappa shape index (κ3) is 2.99. The Morgan fingerprint density at radius 2 is 1.96 bits per heavy atom. The highest BCUT2D eigenvalue weighted by molar-refractivity contribution is 5.67. The van der Waals surface area contributed by atoms with Crippen LogP contribution in [0.15, 0.2) is 0 Å². The predicted molar refractivity (Wildman–Crippen MR) is 92.9 cm³/mol. The van der Waals surface area contributed by atoms with Crippen molar-refractivity contribution in [2.45, 2.75) is 57.4 Å². The summed E-state index contributed by atoms with van der Waals surface area (Å²) in [5.74, 6) is -2.48. The first-order valence-corrected chi connectivity index (χ1v) is 9.38. The van der Waals surface area contributed by atoms with E-state index in [4.69, 9.17) is 5.11 Å². The smallest absolute Gasteiger partial charge is 0.303 e. The number of carboxylic acids is 1. The average Bonchev–Trinajstić information content (AvgIpc) is 2.88. The van der Waals surface area contributed by atoms with Crippen molar-refractivity contribution >= 4 is 17.7 Å². The number of alkyl halides is 2. The topological polar surface area (TPSA) is 69.6 Å². The second-order valence-electron chi connectivity index (χ2n) is 7.74. The lowest BCUT2D eigenvalue weighted by atomic mass is 9.93. The molecular formula is C18H24F2N4O2. The van der Waals surface area contributed by atoms with Gasteiger partial charge in [-0.2, -0.15) is 13.8 Å². The van der Waals surface area contributed by atoms with Gasteiger partial charge in [-0.25, -0.2) is 4.98 Å². The van der Waals surface area contributed by atoms with Gasteiger partial charge in [-0.1, -0.05) is 0 Å². The fraction of sp³-hybridized carbons (Fsp3) is 0.722. The molecule has 1 aliphatic carbocycles. The molecule has 0 aromatic carbocycles. The molecular weight excluding hydrogens is 342 g/mol. The Balaban J connectivity index is 1.62. The first-order valence-electron chi connectivity index (χ1n) is 9.38. The molecule has 8 heteroatoms. The van der Waals surface area contributed by atoms with Crippen molar-refractivity contribution < 1.29 is 18.7 Å². The fourth-order valence-corrected chi connectivity index (χ4v) is 4.19. The first kappa shape index (κ1) is 17.4. The van der Waals surface area contributed by atoms with Gasteiger partial charge in [-0.15, -0.1) is 0 Å². The monoisotopic (exact) mass is 366 g/mol. The fourth-order valence-electron chi connectivity index (χ4n) is 4.19. The Morgan fingerprint density at radius 1 is 1.23 bits per heavy atom. The molecule has 6 nitrogen and oxygen atoms in total. The van der Waals surface area contributed by atoms with Crippen LogP contribution in [0.25, 0.3) is 0 Å². The van der Waals surface area contributed by atoms with Gasteiger partial charge in [-0.05, 0) is 38.5 Å². The summed E-state index contributed by atoms with van der Waals surface area (Å²) < 4.78 is 28.7. The molecule has 2 fully saturated rings. The molecule has 4 rings (SSSR count). The maximum atomic E-state index is 14.4. The predicted octanol–water partition coefficient (Wildman–Crippen LogP) is 2.80. The number of carboxylic acid groups (broad SMARTS) is 1. The largest absolute Gasteiger partial charge is 0.481 e. The van der Waals surface area contributed by atoms with E-state index in [1.54, 1.807) is 0 Å². The SMILES string of the molecule is C[C@H]1CCN1c1nc(N2CCC(CC(=O)O)CC2)c2c(n1)C(F)(F)CC2. The Hall–Kier alpha value is -1.99. The van der Waals surface area contributed by atoms with Gasteiger partial charge in [0, 0.05) is 44.1 Å². The minimum Gasteiger partial charge on any atom is -0.481 e. The van der Waals surface area contributed by atoms with Crippen molar-refractivity contribution in [1.82, 2.24) is 9.97 Å². The summed E-state index contributed by atoms with van der Waals surface area (Å²) >= 11 is 0. The van der Waals surface area contributed by atoms with Crippen molar-refractivity contribution in [2.24, 2.45) is 5.92 Å². The molecule has 0 saturated carbocycles. The highest BCUT2D eigenvalue weighted by atomic mass is 19.3. The van der Waals surface area contributed by atoms with E-state index in [9.17, 15) is 13.6 Å². The highest BCUT2D eigenvalue weighted by Crippen LogP contribution is 2.45. The molecule has 0 bridgehead atoms. The second-order valence-corrected chi connectivity index (χ2v) is 7.74. The number of aromatic nitrogens is 2. The molecule has 1 atom stereocenters. The van der Waals surface area contributed by atoms with Gasteiger partial charge < -0.3 is 14.9 Å². The zero-order valence-corrected chi connectivity index (χ0v) is 14.9. The van der Waals surface area contributed by atoms with E-state index in [1.807, 2.05) is 9.80 Å². The number of carbonyl (C=O) groups is 1. The number of piperidine rings is 1. The van der Waals surface area contributed by atoms with E-state index in [0.717, 1.165) is 25.8 Å². The number of aliphatic carboxylic acids is 1. The third-order valence-corrected chi connectivity index (χ3v) is 5.96. The molecule has 142 valence electrons. The summed E-state index contributed by atoms with van der Waals surface area (Å²) in [6.45, 7) is 4.16. The first-order chi connectivity index (χ1) is 12.3. The number of rotatable bonds is 4. The molecule has 26 heavy (non-hydrogen) atoms. The van der Waals surface area contributed by atoms with Gasteiger partial charge in [-0.3, -0.25) is 4.79 Å². The lowest BCUT2D eigenvalue weighted by Crippen LogP contribution is -2.47. The molecule has 0 amide bonds. The van der Waals surface area contributed by atoms with Crippen LogP contribution in [0.5, 0.6) is 0 Å². The number of anilines is 2. The second kappa shape index (κ2) is 6.32. The summed E-state index contributed by atoms with van der Waals surface area (Å²) in [5.41, 5.74) is 0.466. The maximum absolute atomic E-state index is 14.4. The van der Waals surface area contributed by atoms with Crippen LogP contribution < -0.4 is 9.80 Å². The van der Waals surface area contributed by atoms with Crippen LogP contribution >= 0.6 is 0 Å². The average molecular weight is 366 g/mol. The molecule has 3 heterocycles. The summed E-state index contributed by atoms with van der Waals surface area (Å²) in [4.78, 5) is 23.9. The van der Waals surface area contributed by atoms with Crippen LogP contribution in [0.4, 0.5) is 20.5 Å². The number of halogens is 2. The number of fused-ring (bicyclic) bond motifs is 1. The van der Waals surface area contributed by atoms with Crippen LogP contribution in [0.1, 0.15) is 50.3 Å². The van der Waals surface area contributed by atoms with Crippen molar-refractivity contribution in [3.05, 3.63) is 11.3 Å². The van der Waals surface area contributed by atoms with Crippen LogP contribution in [-0.2, 0) is 17.1 Å². The van der Waals surface area contributed by atoms with E-state index < -0.39 is 11.9 Å². The molecule has 1 aromatic heterocycles. The number of nitrogens with zero attached hydrogens (tertiary/aromatic N) is 4. The summed E-state index contributed by atoms with van der Waals surface area (Å²) in [6, 6.07) is 0.275. The van der Waals surface area contributed by atoms with Gasteiger partial charge in [0.1, 0.15) is 11.5 Å². The summed E-state index contributed by atoms with van der Waals surface area (Å²) in [5, 5.41) is 8.97. The molecule has 1 aromatic rings. The Labute approximate surface area is 151 Å². The molecule has 3 aliphatic rings. The molecule has 2 saturated heterocycles. The molecule has 1 N–H and O–H groups in total. The molecule has 0 radical (unpaired) electrons. The van der Waals surface area contributed by atoms with Gasteiger partial charge in [0.15, 0.2) is 0 Å². The van der Waals surface area contributed by atoms with E-state index in [2.05, 4.69) is 16.9 Å². The van der Waals surface area contributed by atoms with E-state index in [1.165, 1.54) is 0 Å². The third-order valence-electron chi connectivity index (χ3n) is 5.96. The molecule has 0 unspecified atom stereocenters. The minimum absolute atomic E-state index is 0.107. The van der Waals surface area contributed by atoms with Crippen molar-refractivity contribution in [2.75, 3.05) is 29.4 Å². The minimum atomic E-state index is -2.89. The summed E-state index contributed by atoms with van der Waals surface area (Å²) in [7, 11) is 0. The molecule has 0 spiro atoms. The van der Waals surface area contributed by atoms with Crippen LogP contribution in [0.3, 0.4) is 0 Å². The molecule has 2 aliphatic heterocycles. The van der Waals surface area contributed by atoms with Crippen LogP contribution in [0.2, 0.25) is 0 Å². The van der Waals surface area contributed by atoms with Gasteiger partial charge in [0.25, 0.3) is 5.92 Å². The quantitative estimate of drug-likeness (QED) is 0.884. The zero-order chi connectivity index (χ0) is 18.5. The van der Waals surface area contributed by atoms with Gasteiger partial charge in [0.2, 0.25) is 5.95 Å². The van der Waals surface area contributed by atoms with Crippen LogP contribution in [-0.4, -0.2) is 46.7 Å². The summed E-state index contributed by atoms with van der Waals surface area (Å²) in [6.07, 6.45) is 2.77. The van der Waals surface area contributed by atoms with Gasteiger partial charge in [0.05, 0.1) is 0 Å². The zero-order valence-electron chi connectivity index (χ0n) is 14.9. The Bertz CT molecular complexity index is 719. The van der Waals surface area contributed by atoms with Crippen LogP contribution in [0, 0.1) is 5.92 Å². The van der Waals surface area contributed by atoms with Gasteiger partial charge >= 0.3 is 5.97 Å². The van der Waals surface area contributed by atoms with Crippen molar-refractivity contribution in [3.8, 4) is 0 Å². The van der Waals surface area contributed by atoms with E-state index in [-0.39, 0.29) is 30.5 Å². The van der Waals surface area contributed by atoms with E-state index >= 15 is 0 Å². The Kier molecular flexibility index (Phi) is 4.23. The lowest BCUT2D eigenvalue weighted by molar-refractivity contribution is -0.138.